The van der Waals surface area contributed by atoms with Gasteiger partial charge in [-0.05, 0) is 91.4 Å². The molecule has 7 atom stereocenters. The molecule has 7 aliphatic heterocycles. The summed E-state index contributed by atoms with van der Waals surface area (Å²) in [4.78, 5) is 46.7. The van der Waals surface area contributed by atoms with Crippen LogP contribution in [0.25, 0.3) is 12.2 Å². The largest absolute Gasteiger partial charge is 0.507 e. The van der Waals surface area contributed by atoms with E-state index in [-0.39, 0.29) is 48.2 Å². The van der Waals surface area contributed by atoms with E-state index in [0.717, 1.165) is 33.4 Å². The molecule has 12 rings (SSSR count). The molecule has 0 amide bonds. The number of carbonyl (C=O) groups excluding carboxylic acids is 3. The first-order valence-electron chi connectivity index (χ1n) is 23.9. The smallest absolute Gasteiger partial charge is 0.336 e. The maximum Gasteiger partial charge on any atom is 0.336 e. The molecule has 2 N–H and O–H groups in total. The highest BCUT2D eigenvalue weighted by Crippen LogP contribution is 2.64. The molecule has 2 saturated heterocycles. The van der Waals surface area contributed by atoms with Crippen LogP contribution in [0.15, 0.2) is 91.0 Å². The van der Waals surface area contributed by atoms with Crippen molar-refractivity contribution in [3.63, 3.8) is 0 Å². The molecule has 7 aliphatic rings. The number of ether oxygens (including phenoxy) is 7. The van der Waals surface area contributed by atoms with E-state index < -0.39 is 52.9 Å². The lowest BCUT2D eigenvalue weighted by molar-refractivity contribution is -0.157. The van der Waals surface area contributed by atoms with Crippen molar-refractivity contribution in [1.29, 1.82) is 5.26 Å². The second-order valence-electron chi connectivity index (χ2n) is 18.8. The molecule has 5 aromatic rings. The number of piperazine rings is 1. The van der Waals surface area contributed by atoms with Crippen molar-refractivity contribution < 1.29 is 52.6 Å². The zero-order valence-corrected chi connectivity index (χ0v) is 41.1. The van der Waals surface area contributed by atoms with Crippen LogP contribution in [0.2, 0.25) is 0 Å². The Morgan fingerprint density at radius 3 is 2.24 bits per heavy atom. The van der Waals surface area contributed by atoms with Gasteiger partial charge in [-0.3, -0.25) is 15.1 Å². The van der Waals surface area contributed by atoms with E-state index in [1.165, 1.54) is 31.0 Å². The minimum absolute atomic E-state index is 0.0114. The number of methoxy groups -OCH3 is 2. The van der Waals surface area contributed by atoms with Crippen molar-refractivity contribution in [3.05, 3.63) is 147 Å². The zero-order valence-electron chi connectivity index (χ0n) is 40.3. The lowest BCUT2D eigenvalue weighted by atomic mass is 9.71. The Hall–Kier alpha value is -7.29. The fraction of sp³-hybridized carbons (Fsp3) is 0.321. The van der Waals surface area contributed by atoms with E-state index in [1.54, 1.807) is 38.3 Å². The first-order chi connectivity index (χ1) is 35.0. The standard InChI is InChI=1S/C56H52N4O11S/c1-30-22-35-23-37-38(26-57)60-39-27-67-55(64)56(36-25-40(65-4)41(24-34(36)20-21-58-56)70-42(61)18-16-32-12-8-6-9-13-32)28-72-54(46-45(39)52-51(68-29-69-52)31(2)49(46)63)48(60)47(59(37)3)44(35)53(50(30)66-5)71-43(62)19-17-33-14-10-7-11-15-33/h6-19,22,24-25,37-39,47-48,54,58,63H,20-21,23,27-29H2,1-5H3/b18-16+,19-17+/t37-,38-,39-,47+,48?,54+,56+/m0/s1. The highest BCUT2D eigenvalue weighted by atomic mass is 32.2. The quantitative estimate of drug-likeness (QED) is 0.0882. The summed E-state index contributed by atoms with van der Waals surface area (Å²) in [5.74, 6) is 0.302. The topological polar surface area (TPSA) is 178 Å². The Morgan fingerprint density at radius 2 is 1.56 bits per heavy atom. The fourth-order valence-corrected chi connectivity index (χ4v) is 13.5. The Morgan fingerprint density at radius 1 is 0.861 bits per heavy atom. The lowest BCUT2D eigenvalue weighted by Crippen LogP contribution is -2.69. The fourth-order valence-electron chi connectivity index (χ4n) is 11.8. The minimum atomic E-state index is -1.46. The molecule has 368 valence electrons. The number of benzene rings is 5. The van der Waals surface area contributed by atoms with Gasteiger partial charge in [-0.15, -0.1) is 11.8 Å². The van der Waals surface area contributed by atoms with Crippen LogP contribution in [0.1, 0.15) is 73.0 Å². The van der Waals surface area contributed by atoms with Gasteiger partial charge in [-0.1, -0.05) is 66.7 Å². The molecule has 1 unspecified atom stereocenters. The molecule has 15 nitrogen and oxygen atoms in total. The van der Waals surface area contributed by atoms with Crippen molar-refractivity contribution in [1.82, 2.24) is 15.1 Å². The number of phenols is 1. The van der Waals surface area contributed by atoms with Gasteiger partial charge in [0.05, 0.1) is 37.6 Å². The number of nitriles is 1. The number of rotatable bonds is 8. The molecule has 0 radical (unpaired) electrons. The Balaban J connectivity index is 1.05. The van der Waals surface area contributed by atoms with E-state index in [9.17, 15) is 20.0 Å². The molecular weight excluding hydrogens is 937 g/mol. The van der Waals surface area contributed by atoms with Gasteiger partial charge in [0.15, 0.2) is 40.0 Å². The maximum absolute atomic E-state index is 15.2. The Bertz CT molecular complexity index is 3140. The number of likely N-dealkylation sites (N-methyl/N-ethyl adjacent to an activating group) is 1. The number of esters is 3. The SMILES string of the molecule is COc1cc2c(cc1OC(=O)/C=C/c1ccccc1)CCN[C@]21CS[C@@H]2c3c(O)c(C)c4c(c3[C@H](COC1=O)N1C2[C@H]2c3c(cc(C)c(OC)c3OC(=O)/C=C/c3ccccc3)C[C@@H]([C@@H]1C#N)N2C)OCO4. The van der Waals surface area contributed by atoms with E-state index in [1.807, 2.05) is 74.6 Å². The number of carbonyl (C=O) groups is 3. The third-order valence-corrected chi connectivity index (χ3v) is 16.5. The van der Waals surface area contributed by atoms with Gasteiger partial charge >= 0.3 is 17.9 Å². The summed E-state index contributed by atoms with van der Waals surface area (Å²) in [6.07, 6.45) is 7.04. The number of thioether (sulfide) groups is 1. The first kappa shape index (κ1) is 47.1. The third kappa shape index (κ3) is 7.65. The monoisotopic (exact) mass is 988 g/mol. The number of aryl methyl sites for hydroxylation is 1. The van der Waals surface area contributed by atoms with Gasteiger partial charge in [0.1, 0.15) is 18.4 Å². The number of nitrogens with zero attached hydrogens (tertiary/aromatic N) is 3. The Kier molecular flexibility index (Phi) is 12.2. The normalized spacial score (nSPS) is 24.9. The predicted octanol–water partition coefficient (Wildman–Crippen LogP) is 7.59. The summed E-state index contributed by atoms with van der Waals surface area (Å²) < 4.78 is 43.1. The second-order valence-corrected chi connectivity index (χ2v) is 19.9. The van der Waals surface area contributed by atoms with E-state index in [0.29, 0.717) is 58.9 Å². The van der Waals surface area contributed by atoms with Gasteiger partial charge in [0, 0.05) is 58.8 Å². The molecule has 0 saturated carbocycles. The summed E-state index contributed by atoms with van der Waals surface area (Å²) in [5, 5.41) is 26.9. The molecular formula is C56H52N4O11S. The van der Waals surface area contributed by atoms with Crippen LogP contribution in [-0.2, 0) is 37.5 Å². The summed E-state index contributed by atoms with van der Waals surface area (Å²) in [6.45, 7) is 3.77. The molecule has 16 heteroatoms. The van der Waals surface area contributed by atoms with Crippen molar-refractivity contribution in [3.8, 4) is 46.3 Å². The maximum atomic E-state index is 15.2. The highest BCUT2D eigenvalue weighted by molar-refractivity contribution is 7.99. The average Bonchev–Trinajstić information content (AvgIpc) is 3.88. The second kappa shape index (κ2) is 18.7. The minimum Gasteiger partial charge on any atom is -0.507 e. The molecule has 1 spiro atoms. The van der Waals surface area contributed by atoms with Crippen LogP contribution in [0.3, 0.4) is 0 Å². The predicted molar refractivity (Wildman–Crippen MR) is 267 cm³/mol. The average molecular weight is 989 g/mol. The summed E-state index contributed by atoms with van der Waals surface area (Å²) in [7, 11) is 5.02. The summed E-state index contributed by atoms with van der Waals surface area (Å²) in [5.41, 5.74) is 5.63. The first-order valence-corrected chi connectivity index (χ1v) is 24.9. The Labute approximate surface area is 420 Å². The number of hydrogen-bond donors (Lipinski definition) is 2. The summed E-state index contributed by atoms with van der Waals surface area (Å²) >= 11 is 1.45. The van der Waals surface area contributed by atoms with Crippen LogP contribution < -0.4 is 33.7 Å². The van der Waals surface area contributed by atoms with Crippen LogP contribution in [-0.4, -0.2) is 97.9 Å². The van der Waals surface area contributed by atoms with Gasteiger partial charge in [0.2, 0.25) is 6.79 Å². The van der Waals surface area contributed by atoms with E-state index in [2.05, 4.69) is 27.3 Å². The van der Waals surface area contributed by atoms with Gasteiger partial charge in [-0.25, -0.2) is 14.4 Å². The molecule has 5 aromatic carbocycles. The van der Waals surface area contributed by atoms with Crippen LogP contribution in [0.4, 0.5) is 0 Å². The molecule has 2 fully saturated rings. The number of phenolic OH excluding ortho intramolecular Hbond substituents is 1. The number of nitrogens with one attached hydrogen (secondary N) is 1. The number of aromatic hydroxyl groups is 1. The third-order valence-electron chi connectivity index (χ3n) is 15.0. The van der Waals surface area contributed by atoms with Gasteiger partial charge in [-0.2, -0.15) is 5.26 Å². The van der Waals surface area contributed by atoms with Crippen LogP contribution >= 0.6 is 11.8 Å². The molecule has 4 bridgehead atoms. The molecule has 0 aromatic heterocycles. The lowest BCUT2D eigenvalue weighted by Gasteiger charge is -2.62. The summed E-state index contributed by atoms with van der Waals surface area (Å²) in [6, 6.07) is 24.0. The van der Waals surface area contributed by atoms with E-state index >= 15 is 4.79 Å². The van der Waals surface area contributed by atoms with Crippen molar-refractivity contribution in [2.75, 3.05) is 47.0 Å². The highest BCUT2D eigenvalue weighted by Gasteiger charge is 2.62. The van der Waals surface area contributed by atoms with Gasteiger partial charge in [0.25, 0.3) is 0 Å². The zero-order chi connectivity index (χ0) is 50.0. The van der Waals surface area contributed by atoms with Crippen molar-refractivity contribution in [2.24, 2.45) is 0 Å². The van der Waals surface area contributed by atoms with Crippen molar-refractivity contribution in [2.45, 2.75) is 67.7 Å². The van der Waals surface area contributed by atoms with E-state index in [4.69, 9.17) is 33.2 Å². The molecule has 72 heavy (non-hydrogen) atoms. The molecule has 7 heterocycles. The van der Waals surface area contributed by atoms with Crippen LogP contribution in [0.5, 0.6) is 40.2 Å². The van der Waals surface area contributed by atoms with Crippen LogP contribution in [0, 0.1) is 25.2 Å². The molecule has 0 aliphatic carbocycles. The van der Waals surface area contributed by atoms with Gasteiger partial charge < -0.3 is 38.3 Å². The number of hydrogen-bond acceptors (Lipinski definition) is 16. The number of fused-ring (bicyclic) bond motifs is 9. The van der Waals surface area contributed by atoms with Crippen molar-refractivity contribution >= 4 is 41.8 Å².